The van der Waals surface area contributed by atoms with Gasteiger partial charge in [-0.15, -0.1) is 0 Å². The minimum absolute atomic E-state index is 0.0951. The van der Waals surface area contributed by atoms with Crippen molar-refractivity contribution in [1.29, 1.82) is 0 Å². The summed E-state index contributed by atoms with van der Waals surface area (Å²) < 4.78 is 5.65. The summed E-state index contributed by atoms with van der Waals surface area (Å²) in [7, 11) is 1.37. The Hall–Kier alpha value is -1.60. The van der Waals surface area contributed by atoms with Gasteiger partial charge >= 0.3 is 12.0 Å². The zero-order valence-electron chi connectivity index (χ0n) is 10.6. The van der Waals surface area contributed by atoms with Crippen LogP contribution in [0.25, 0.3) is 0 Å². The van der Waals surface area contributed by atoms with Crippen LogP contribution >= 0.6 is 15.9 Å². The lowest BCUT2D eigenvalue weighted by Gasteiger charge is -2.14. The molecule has 0 radical (unpaired) electrons. The summed E-state index contributed by atoms with van der Waals surface area (Å²) >= 11 is 3.35. The molecule has 0 aliphatic rings. The Labute approximate surface area is 119 Å². The minimum atomic E-state index is -1.15. The number of methoxy groups -OCH3 is 1. The quantitative estimate of drug-likeness (QED) is 0.770. The number of benzene rings is 1. The lowest BCUT2D eigenvalue weighted by molar-refractivity contribution is -0.140. The van der Waals surface area contributed by atoms with E-state index >= 15 is 0 Å². The molecule has 1 rings (SSSR count). The number of carbonyl (C=O) groups excluding carboxylic acids is 1. The highest BCUT2D eigenvalue weighted by molar-refractivity contribution is 9.10. The Bertz CT molecular complexity index is 479. The average molecular weight is 331 g/mol. The van der Waals surface area contributed by atoms with Gasteiger partial charge in [-0.3, -0.25) is 0 Å². The summed E-state index contributed by atoms with van der Waals surface area (Å²) in [4.78, 5) is 22.5. The van der Waals surface area contributed by atoms with Crippen LogP contribution in [0.4, 0.5) is 10.5 Å². The van der Waals surface area contributed by atoms with Crippen molar-refractivity contribution < 1.29 is 19.4 Å². The van der Waals surface area contributed by atoms with Crippen molar-refractivity contribution in [2.75, 3.05) is 19.0 Å². The Morgan fingerprint density at radius 3 is 2.68 bits per heavy atom. The van der Waals surface area contributed by atoms with E-state index in [9.17, 15) is 9.59 Å². The molecule has 6 nitrogen and oxygen atoms in total. The SMILES string of the molecule is COCC(NC(=O)Nc1ccc(Br)c(C)c1)C(=O)O. The number of aryl methyl sites for hydroxylation is 1. The maximum absolute atomic E-state index is 11.6. The van der Waals surface area contributed by atoms with Gasteiger partial charge in [-0.05, 0) is 30.7 Å². The van der Waals surface area contributed by atoms with Crippen LogP contribution in [0.5, 0.6) is 0 Å². The molecule has 0 fully saturated rings. The van der Waals surface area contributed by atoms with Crippen molar-refractivity contribution in [2.24, 2.45) is 0 Å². The molecule has 0 saturated heterocycles. The summed E-state index contributed by atoms with van der Waals surface area (Å²) in [6.07, 6.45) is 0. The molecule has 3 N–H and O–H groups in total. The predicted molar refractivity (Wildman–Crippen MR) is 74.3 cm³/mol. The van der Waals surface area contributed by atoms with E-state index < -0.39 is 18.0 Å². The maximum Gasteiger partial charge on any atom is 0.328 e. The van der Waals surface area contributed by atoms with Gasteiger partial charge in [0.2, 0.25) is 0 Å². The molecule has 1 unspecified atom stereocenters. The number of hydrogen-bond acceptors (Lipinski definition) is 3. The predicted octanol–water partition coefficient (Wildman–Crippen LogP) is 1.98. The van der Waals surface area contributed by atoms with E-state index in [0.717, 1.165) is 10.0 Å². The van der Waals surface area contributed by atoms with Gasteiger partial charge in [-0.25, -0.2) is 9.59 Å². The van der Waals surface area contributed by atoms with E-state index in [1.807, 2.05) is 6.92 Å². The fraction of sp³-hybridized carbons (Fsp3) is 0.333. The van der Waals surface area contributed by atoms with Crippen LogP contribution in [0.2, 0.25) is 0 Å². The third-order valence-electron chi connectivity index (χ3n) is 2.35. The summed E-state index contributed by atoms with van der Waals surface area (Å²) in [5, 5.41) is 13.7. The molecule has 2 amide bonds. The van der Waals surface area contributed by atoms with Gasteiger partial charge in [0, 0.05) is 17.3 Å². The molecule has 1 aromatic rings. The van der Waals surface area contributed by atoms with Crippen molar-refractivity contribution in [3.63, 3.8) is 0 Å². The third kappa shape index (κ3) is 4.88. The molecule has 0 saturated carbocycles. The Morgan fingerprint density at radius 1 is 1.47 bits per heavy atom. The Kier molecular flexibility index (Phi) is 5.78. The highest BCUT2D eigenvalue weighted by Crippen LogP contribution is 2.19. The topological polar surface area (TPSA) is 87.7 Å². The zero-order valence-corrected chi connectivity index (χ0v) is 12.2. The lowest BCUT2D eigenvalue weighted by atomic mass is 10.2. The number of amides is 2. The molecule has 0 aliphatic carbocycles. The van der Waals surface area contributed by atoms with E-state index in [4.69, 9.17) is 9.84 Å². The zero-order chi connectivity index (χ0) is 14.4. The molecule has 19 heavy (non-hydrogen) atoms. The Morgan fingerprint density at radius 2 is 2.16 bits per heavy atom. The molecule has 0 bridgehead atoms. The van der Waals surface area contributed by atoms with Crippen molar-refractivity contribution in [3.05, 3.63) is 28.2 Å². The normalized spacial score (nSPS) is 11.7. The molecule has 0 heterocycles. The number of carbonyl (C=O) groups is 2. The molecule has 0 spiro atoms. The number of ether oxygens (including phenoxy) is 1. The number of carboxylic acids is 1. The highest BCUT2D eigenvalue weighted by atomic mass is 79.9. The number of halogens is 1. The molecule has 1 aromatic carbocycles. The smallest absolute Gasteiger partial charge is 0.328 e. The molecule has 0 aromatic heterocycles. The van der Waals surface area contributed by atoms with E-state index in [1.54, 1.807) is 18.2 Å². The van der Waals surface area contributed by atoms with Crippen LogP contribution in [0, 0.1) is 6.92 Å². The van der Waals surface area contributed by atoms with Crippen LogP contribution in [-0.4, -0.2) is 36.9 Å². The minimum Gasteiger partial charge on any atom is -0.480 e. The standard InChI is InChI=1S/C12H15BrN2O4/c1-7-5-8(3-4-9(7)13)14-12(18)15-10(6-19-2)11(16)17/h3-5,10H,6H2,1-2H3,(H,16,17)(H2,14,15,18). The van der Waals surface area contributed by atoms with Crippen LogP contribution < -0.4 is 10.6 Å². The number of hydrogen-bond donors (Lipinski definition) is 3. The molecule has 7 heteroatoms. The lowest BCUT2D eigenvalue weighted by Crippen LogP contribution is -2.45. The molecule has 1 atom stereocenters. The molecular weight excluding hydrogens is 316 g/mol. The van der Waals surface area contributed by atoms with Gasteiger partial charge in [0.05, 0.1) is 6.61 Å². The van der Waals surface area contributed by atoms with E-state index in [2.05, 4.69) is 26.6 Å². The van der Waals surface area contributed by atoms with Gasteiger partial charge in [0.25, 0.3) is 0 Å². The van der Waals surface area contributed by atoms with E-state index in [-0.39, 0.29) is 6.61 Å². The number of rotatable bonds is 5. The van der Waals surface area contributed by atoms with Gasteiger partial charge in [0.1, 0.15) is 0 Å². The van der Waals surface area contributed by atoms with Crippen molar-refractivity contribution in [2.45, 2.75) is 13.0 Å². The third-order valence-corrected chi connectivity index (χ3v) is 3.24. The fourth-order valence-electron chi connectivity index (χ4n) is 1.39. The summed E-state index contributed by atoms with van der Waals surface area (Å²) in [5.41, 5.74) is 1.55. The summed E-state index contributed by atoms with van der Waals surface area (Å²) in [6.45, 7) is 1.79. The second kappa shape index (κ2) is 7.10. The van der Waals surface area contributed by atoms with Gasteiger partial charge in [-0.2, -0.15) is 0 Å². The Balaban J connectivity index is 2.63. The van der Waals surface area contributed by atoms with Crippen molar-refractivity contribution in [3.8, 4) is 0 Å². The first kappa shape index (κ1) is 15.5. The first-order valence-corrected chi connectivity index (χ1v) is 6.28. The second-order valence-corrected chi connectivity index (χ2v) is 4.76. The fourth-order valence-corrected chi connectivity index (χ4v) is 1.64. The highest BCUT2D eigenvalue weighted by Gasteiger charge is 2.19. The van der Waals surface area contributed by atoms with Gasteiger partial charge in [-0.1, -0.05) is 15.9 Å². The maximum atomic E-state index is 11.6. The van der Waals surface area contributed by atoms with E-state index in [0.29, 0.717) is 5.69 Å². The molecule has 0 aliphatic heterocycles. The number of nitrogens with one attached hydrogen (secondary N) is 2. The molecule has 104 valence electrons. The first-order chi connectivity index (χ1) is 8.93. The molecular formula is C12H15BrN2O4. The largest absolute Gasteiger partial charge is 0.480 e. The van der Waals surface area contributed by atoms with Crippen molar-refractivity contribution in [1.82, 2.24) is 5.32 Å². The van der Waals surface area contributed by atoms with Crippen LogP contribution in [0.15, 0.2) is 22.7 Å². The summed E-state index contributed by atoms with van der Waals surface area (Å²) in [6, 6.07) is 3.61. The number of carboxylic acid groups (broad SMARTS) is 1. The number of urea groups is 1. The summed E-state index contributed by atoms with van der Waals surface area (Å²) in [5.74, 6) is -1.15. The van der Waals surface area contributed by atoms with Gasteiger partial charge in [0.15, 0.2) is 6.04 Å². The van der Waals surface area contributed by atoms with Crippen LogP contribution in [0.1, 0.15) is 5.56 Å². The number of aliphatic carboxylic acids is 1. The number of anilines is 1. The second-order valence-electron chi connectivity index (χ2n) is 3.91. The van der Waals surface area contributed by atoms with Gasteiger partial charge < -0.3 is 20.5 Å². The van der Waals surface area contributed by atoms with Crippen LogP contribution in [-0.2, 0) is 9.53 Å². The van der Waals surface area contributed by atoms with E-state index in [1.165, 1.54) is 7.11 Å². The monoisotopic (exact) mass is 330 g/mol. The van der Waals surface area contributed by atoms with Crippen LogP contribution in [0.3, 0.4) is 0 Å². The average Bonchev–Trinajstić information content (AvgIpc) is 2.33. The van der Waals surface area contributed by atoms with Crippen molar-refractivity contribution >= 4 is 33.6 Å². The first-order valence-electron chi connectivity index (χ1n) is 5.49.